The molecule has 2 aliphatic heterocycles. The lowest BCUT2D eigenvalue weighted by Gasteiger charge is -2.32. The topological polar surface area (TPSA) is 32.8 Å². The first kappa shape index (κ1) is 10.9. The Hall–Kier alpha value is -0.610. The molecule has 86 valence electrons. The van der Waals surface area contributed by atoms with Crippen LogP contribution in [-0.4, -0.2) is 61.6 Å². The van der Waals surface area contributed by atoms with Crippen LogP contribution in [0.5, 0.6) is 0 Å². The summed E-state index contributed by atoms with van der Waals surface area (Å²) in [6, 6.07) is 0. The van der Waals surface area contributed by atoms with E-state index in [1.165, 1.54) is 0 Å². The number of ether oxygens (including phenoxy) is 1. The normalized spacial score (nSPS) is 28.3. The number of carbonyl (C=O) groups is 1. The Bertz CT molecular complexity index is 219. The van der Waals surface area contributed by atoms with Crippen molar-refractivity contribution in [1.29, 1.82) is 0 Å². The molecule has 2 saturated heterocycles. The Morgan fingerprint density at radius 3 is 2.67 bits per heavy atom. The molecule has 2 fully saturated rings. The summed E-state index contributed by atoms with van der Waals surface area (Å²) in [5.41, 5.74) is 0. The zero-order valence-electron chi connectivity index (χ0n) is 9.45. The molecule has 0 radical (unpaired) electrons. The van der Waals surface area contributed by atoms with Gasteiger partial charge in [0.25, 0.3) is 0 Å². The second-order valence-corrected chi connectivity index (χ2v) is 4.52. The van der Waals surface area contributed by atoms with Crippen molar-refractivity contribution in [2.24, 2.45) is 0 Å². The van der Waals surface area contributed by atoms with E-state index in [-0.39, 0.29) is 12.0 Å². The molecule has 0 aliphatic carbocycles. The minimum absolute atomic E-state index is 0.192. The van der Waals surface area contributed by atoms with E-state index in [9.17, 15) is 4.79 Å². The molecular formula is C11H20N2O2. The van der Waals surface area contributed by atoms with Crippen LogP contribution in [0.1, 0.15) is 19.3 Å². The number of rotatable bonds is 2. The zero-order valence-corrected chi connectivity index (χ0v) is 9.45. The Balaban J connectivity index is 1.75. The molecule has 0 N–H and O–H groups in total. The van der Waals surface area contributed by atoms with Gasteiger partial charge in [-0.2, -0.15) is 0 Å². The van der Waals surface area contributed by atoms with Gasteiger partial charge in [0.05, 0.1) is 12.5 Å². The van der Waals surface area contributed by atoms with Crippen LogP contribution in [0.2, 0.25) is 0 Å². The van der Waals surface area contributed by atoms with Crippen molar-refractivity contribution in [3.8, 4) is 0 Å². The maximum absolute atomic E-state index is 11.9. The number of hydrogen-bond donors (Lipinski definition) is 0. The van der Waals surface area contributed by atoms with Crippen LogP contribution in [0.15, 0.2) is 0 Å². The smallest absolute Gasteiger partial charge is 0.225 e. The van der Waals surface area contributed by atoms with E-state index in [4.69, 9.17) is 4.74 Å². The number of likely N-dealkylation sites (N-methyl/N-ethyl adjacent to an activating group) is 1. The number of hydrogen-bond acceptors (Lipinski definition) is 3. The maximum atomic E-state index is 11.9. The molecular weight excluding hydrogens is 192 g/mol. The quantitative estimate of drug-likeness (QED) is 0.661. The van der Waals surface area contributed by atoms with Crippen molar-refractivity contribution < 1.29 is 9.53 Å². The summed E-state index contributed by atoms with van der Waals surface area (Å²) < 4.78 is 5.48. The van der Waals surface area contributed by atoms with E-state index >= 15 is 0 Å². The Morgan fingerprint density at radius 2 is 2.07 bits per heavy atom. The van der Waals surface area contributed by atoms with Crippen molar-refractivity contribution in [1.82, 2.24) is 9.80 Å². The summed E-state index contributed by atoms with van der Waals surface area (Å²) in [6.45, 7) is 4.58. The number of nitrogens with zero attached hydrogens (tertiary/aromatic N) is 2. The summed E-state index contributed by atoms with van der Waals surface area (Å²) in [4.78, 5) is 16.1. The van der Waals surface area contributed by atoms with Gasteiger partial charge in [-0.05, 0) is 19.9 Å². The highest BCUT2D eigenvalue weighted by molar-refractivity contribution is 5.76. The summed E-state index contributed by atoms with van der Waals surface area (Å²) in [7, 11) is 2.10. The van der Waals surface area contributed by atoms with E-state index in [1.54, 1.807) is 0 Å². The van der Waals surface area contributed by atoms with Crippen LogP contribution in [-0.2, 0) is 9.53 Å². The first-order valence-corrected chi connectivity index (χ1v) is 5.83. The molecule has 0 spiro atoms. The molecule has 2 rings (SSSR count). The molecule has 0 bridgehead atoms. The van der Waals surface area contributed by atoms with E-state index in [0.29, 0.717) is 6.42 Å². The molecule has 0 aromatic rings. The van der Waals surface area contributed by atoms with E-state index in [1.807, 2.05) is 4.90 Å². The standard InChI is InChI=1S/C11H20N2O2/c1-12-4-6-13(7-5-12)11(14)9-10-3-2-8-15-10/h10H,2-9H2,1H3. The summed E-state index contributed by atoms with van der Waals surface area (Å²) in [5.74, 6) is 0.273. The molecule has 0 aromatic heterocycles. The van der Waals surface area contributed by atoms with Crippen LogP contribution in [0.4, 0.5) is 0 Å². The van der Waals surface area contributed by atoms with Crippen molar-refractivity contribution >= 4 is 5.91 Å². The SMILES string of the molecule is CN1CCN(C(=O)CC2CCCO2)CC1. The molecule has 0 saturated carbocycles. The van der Waals surface area contributed by atoms with Crippen molar-refractivity contribution in [2.75, 3.05) is 39.8 Å². The highest BCUT2D eigenvalue weighted by atomic mass is 16.5. The van der Waals surface area contributed by atoms with E-state index in [0.717, 1.165) is 45.6 Å². The largest absolute Gasteiger partial charge is 0.378 e. The third kappa shape index (κ3) is 2.92. The van der Waals surface area contributed by atoms with Gasteiger partial charge in [-0.25, -0.2) is 0 Å². The fourth-order valence-electron chi connectivity index (χ4n) is 2.19. The number of amides is 1. The third-order valence-electron chi connectivity index (χ3n) is 3.28. The van der Waals surface area contributed by atoms with Crippen LogP contribution in [0.25, 0.3) is 0 Å². The Labute approximate surface area is 91.2 Å². The van der Waals surface area contributed by atoms with Gasteiger partial charge in [0, 0.05) is 32.8 Å². The van der Waals surface area contributed by atoms with Crippen LogP contribution >= 0.6 is 0 Å². The van der Waals surface area contributed by atoms with Gasteiger partial charge in [-0.15, -0.1) is 0 Å². The van der Waals surface area contributed by atoms with Crippen LogP contribution in [0.3, 0.4) is 0 Å². The zero-order chi connectivity index (χ0) is 10.7. The van der Waals surface area contributed by atoms with E-state index in [2.05, 4.69) is 11.9 Å². The second kappa shape index (κ2) is 4.94. The highest BCUT2D eigenvalue weighted by Crippen LogP contribution is 2.16. The van der Waals surface area contributed by atoms with Crippen molar-refractivity contribution in [3.05, 3.63) is 0 Å². The average molecular weight is 212 g/mol. The highest BCUT2D eigenvalue weighted by Gasteiger charge is 2.24. The van der Waals surface area contributed by atoms with Crippen molar-refractivity contribution in [3.63, 3.8) is 0 Å². The monoisotopic (exact) mass is 212 g/mol. The molecule has 4 heteroatoms. The molecule has 0 aromatic carbocycles. The lowest BCUT2D eigenvalue weighted by Crippen LogP contribution is -2.47. The molecule has 1 atom stereocenters. The van der Waals surface area contributed by atoms with Crippen LogP contribution < -0.4 is 0 Å². The predicted octanol–water partition coefficient (Wildman–Crippen LogP) is 0.329. The fourth-order valence-corrected chi connectivity index (χ4v) is 2.19. The van der Waals surface area contributed by atoms with Gasteiger partial charge in [0.15, 0.2) is 0 Å². The predicted molar refractivity (Wildman–Crippen MR) is 57.7 cm³/mol. The van der Waals surface area contributed by atoms with Crippen LogP contribution in [0, 0.1) is 0 Å². The van der Waals surface area contributed by atoms with Crippen molar-refractivity contribution in [2.45, 2.75) is 25.4 Å². The average Bonchev–Trinajstić information content (AvgIpc) is 2.71. The molecule has 1 unspecified atom stereocenters. The minimum atomic E-state index is 0.192. The third-order valence-corrected chi connectivity index (χ3v) is 3.28. The molecule has 1 amide bonds. The lowest BCUT2D eigenvalue weighted by atomic mass is 10.1. The lowest BCUT2D eigenvalue weighted by molar-refractivity contribution is -0.135. The van der Waals surface area contributed by atoms with E-state index < -0.39 is 0 Å². The number of carbonyl (C=O) groups excluding carboxylic acids is 1. The van der Waals surface area contributed by atoms with Gasteiger partial charge < -0.3 is 14.5 Å². The molecule has 2 aliphatic rings. The first-order valence-electron chi connectivity index (χ1n) is 5.83. The summed E-state index contributed by atoms with van der Waals surface area (Å²) in [6.07, 6.45) is 2.95. The maximum Gasteiger partial charge on any atom is 0.225 e. The summed E-state index contributed by atoms with van der Waals surface area (Å²) >= 11 is 0. The van der Waals surface area contributed by atoms with Gasteiger partial charge in [-0.3, -0.25) is 4.79 Å². The van der Waals surface area contributed by atoms with Gasteiger partial charge in [0.1, 0.15) is 0 Å². The molecule has 15 heavy (non-hydrogen) atoms. The van der Waals surface area contributed by atoms with Gasteiger partial charge >= 0.3 is 0 Å². The Morgan fingerprint density at radius 1 is 1.33 bits per heavy atom. The van der Waals surface area contributed by atoms with Gasteiger partial charge in [-0.1, -0.05) is 0 Å². The number of piperazine rings is 1. The van der Waals surface area contributed by atoms with Gasteiger partial charge in [0.2, 0.25) is 5.91 Å². The Kier molecular flexibility index (Phi) is 3.59. The molecule has 4 nitrogen and oxygen atoms in total. The first-order chi connectivity index (χ1) is 7.25. The second-order valence-electron chi connectivity index (χ2n) is 4.52. The fraction of sp³-hybridized carbons (Fsp3) is 0.909. The molecule has 2 heterocycles. The minimum Gasteiger partial charge on any atom is -0.378 e. The summed E-state index contributed by atoms with van der Waals surface area (Å²) in [5, 5.41) is 0.